The molecule has 4 heteroatoms. The first-order valence-electron chi connectivity index (χ1n) is 5.90. The van der Waals surface area contributed by atoms with Crippen LogP contribution in [0, 0.1) is 5.41 Å². The average molecular weight is 239 g/mol. The van der Waals surface area contributed by atoms with E-state index < -0.39 is 11.5 Å². The number of hydrogen-bond acceptors (Lipinski definition) is 2. The third-order valence-electron chi connectivity index (χ3n) is 3.56. The standard InChI is InChI=1S/C13H21NO3/c1-5-12(2,3)9-10(15)14-8-6-7-13(14,4)11(16)17/h5H,1,6-9H2,2-4H3,(H,16,17). The lowest BCUT2D eigenvalue weighted by molar-refractivity contribution is -0.155. The monoisotopic (exact) mass is 239 g/mol. The summed E-state index contributed by atoms with van der Waals surface area (Å²) >= 11 is 0. The molecule has 0 aliphatic carbocycles. The van der Waals surface area contributed by atoms with Gasteiger partial charge in [-0.05, 0) is 25.2 Å². The van der Waals surface area contributed by atoms with Crippen molar-refractivity contribution in [2.24, 2.45) is 5.41 Å². The SMILES string of the molecule is C=CC(C)(C)CC(=O)N1CCCC1(C)C(=O)O. The summed E-state index contributed by atoms with van der Waals surface area (Å²) in [7, 11) is 0. The van der Waals surface area contributed by atoms with Crippen LogP contribution in [0.1, 0.15) is 40.0 Å². The molecule has 1 rings (SSSR count). The number of carboxylic acid groups (broad SMARTS) is 1. The van der Waals surface area contributed by atoms with Gasteiger partial charge in [-0.2, -0.15) is 0 Å². The molecule has 0 aromatic rings. The molecule has 1 fully saturated rings. The van der Waals surface area contributed by atoms with E-state index in [4.69, 9.17) is 0 Å². The normalized spacial score (nSPS) is 24.8. The van der Waals surface area contributed by atoms with Crippen molar-refractivity contribution in [1.29, 1.82) is 0 Å². The number of aliphatic carboxylic acids is 1. The van der Waals surface area contributed by atoms with Crippen LogP contribution in [0.15, 0.2) is 12.7 Å². The number of carbonyl (C=O) groups is 2. The molecule has 0 aromatic heterocycles. The van der Waals surface area contributed by atoms with Crippen LogP contribution in [0.25, 0.3) is 0 Å². The molecule has 17 heavy (non-hydrogen) atoms. The maximum Gasteiger partial charge on any atom is 0.329 e. The fraction of sp³-hybridized carbons (Fsp3) is 0.692. The first kappa shape index (κ1) is 13.7. The van der Waals surface area contributed by atoms with Gasteiger partial charge in [0.25, 0.3) is 0 Å². The van der Waals surface area contributed by atoms with Gasteiger partial charge in [-0.25, -0.2) is 4.79 Å². The van der Waals surface area contributed by atoms with E-state index in [0.29, 0.717) is 19.4 Å². The van der Waals surface area contributed by atoms with Crippen molar-refractivity contribution in [1.82, 2.24) is 4.90 Å². The number of allylic oxidation sites excluding steroid dienone is 1. The van der Waals surface area contributed by atoms with Crippen molar-refractivity contribution in [2.45, 2.75) is 45.6 Å². The smallest absolute Gasteiger partial charge is 0.329 e. The quantitative estimate of drug-likeness (QED) is 0.764. The third-order valence-corrected chi connectivity index (χ3v) is 3.56. The number of amides is 1. The molecular weight excluding hydrogens is 218 g/mol. The number of likely N-dealkylation sites (tertiary alicyclic amines) is 1. The third kappa shape index (κ3) is 2.68. The Morgan fingerprint density at radius 1 is 1.53 bits per heavy atom. The van der Waals surface area contributed by atoms with Crippen molar-refractivity contribution < 1.29 is 14.7 Å². The van der Waals surface area contributed by atoms with E-state index in [9.17, 15) is 14.7 Å². The Hall–Kier alpha value is -1.32. The van der Waals surface area contributed by atoms with Crippen LogP contribution in [0.2, 0.25) is 0 Å². The summed E-state index contributed by atoms with van der Waals surface area (Å²) in [6.45, 7) is 9.70. The molecule has 0 radical (unpaired) electrons. The summed E-state index contributed by atoms with van der Waals surface area (Å²) in [5.74, 6) is -1.02. The summed E-state index contributed by atoms with van der Waals surface area (Å²) < 4.78 is 0. The Kier molecular flexibility index (Phi) is 3.65. The van der Waals surface area contributed by atoms with Gasteiger partial charge in [-0.3, -0.25) is 4.79 Å². The Morgan fingerprint density at radius 3 is 2.59 bits per heavy atom. The van der Waals surface area contributed by atoms with Crippen LogP contribution < -0.4 is 0 Å². The van der Waals surface area contributed by atoms with Crippen molar-refractivity contribution in [3.05, 3.63) is 12.7 Å². The fourth-order valence-electron chi connectivity index (χ4n) is 2.14. The van der Waals surface area contributed by atoms with Gasteiger partial charge in [-0.15, -0.1) is 6.58 Å². The molecule has 1 amide bonds. The Bertz CT molecular complexity index is 349. The van der Waals surface area contributed by atoms with E-state index in [-0.39, 0.29) is 11.3 Å². The average Bonchev–Trinajstić information content (AvgIpc) is 2.61. The van der Waals surface area contributed by atoms with Crippen molar-refractivity contribution in [2.75, 3.05) is 6.54 Å². The van der Waals surface area contributed by atoms with Crippen LogP contribution in [-0.4, -0.2) is 34.0 Å². The maximum absolute atomic E-state index is 12.2. The van der Waals surface area contributed by atoms with E-state index in [1.807, 2.05) is 13.8 Å². The van der Waals surface area contributed by atoms with E-state index in [1.165, 1.54) is 4.90 Å². The van der Waals surface area contributed by atoms with Gasteiger partial charge >= 0.3 is 5.97 Å². The summed E-state index contributed by atoms with van der Waals surface area (Å²) in [5, 5.41) is 9.23. The van der Waals surface area contributed by atoms with Gasteiger partial charge in [0.1, 0.15) is 5.54 Å². The van der Waals surface area contributed by atoms with Gasteiger partial charge in [0.15, 0.2) is 0 Å². The van der Waals surface area contributed by atoms with Gasteiger partial charge in [0, 0.05) is 13.0 Å². The zero-order chi connectivity index (χ0) is 13.3. The molecule has 1 heterocycles. The highest BCUT2D eigenvalue weighted by Gasteiger charge is 2.46. The molecule has 0 spiro atoms. The summed E-state index contributed by atoms with van der Waals surface area (Å²) in [6, 6.07) is 0. The molecule has 1 saturated heterocycles. The number of rotatable bonds is 4. The van der Waals surface area contributed by atoms with Crippen LogP contribution >= 0.6 is 0 Å². The molecule has 1 unspecified atom stereocenters. The van der Waals surface area contributed by atoms with E-state index in [1.54, 1.807) is 13.0 Å². The highest BCUT2D eigenvalue weighted by atomic mass is 16.4. The first-order valence-corrected chi connectivity index (χ1v) is 5.90. The lowest BCUT2D eigenvalue weighted by atomic mass is 9.88. The second kappa shape index (κ2) is 4.51. The highest BCUT2D eigenvalue weighted by Crippen LogP contribution is 2.32. The summed E-state index contributed by atoms with van der Waals surface area (Å²) in [5.41, 5.74) is -1.33. The Balaban J connectivity index is 2.83. The zero-order valence-corrected chi connectivity index (χ0v) is 10.8. The molecule has 96 valence electrons. The molecule has 1 atom stereocenters. The van der Waals surface area contributed by atoms with Crippen molar-refractivity contribution >= 4 is 11.9 Å². The molecule has 1 N–H and O–H groups in total. The Labute approximate surface area is 102 Å². The highest BCUT2D eigenvalue weighted by molar-refractivity contribution is 5.87. The topological polar surface area (TPSA) is 57.6 Å². The minimum absolute atomic E-state index is 0.0997. The lowest BCUT2D eigenvalue weighted by Gasteiger charge is -2.33. The predicted molar refractivity (Wildman–Crippen MR) is 65.6 cm³/mol. The largest absolute Gasteiger partial charge is 0.480 e. The summed E-state index contributed by atoms with van der Waals surface area (Å²) in [6.07, 6.45) is 3.32. The van der Waals surface area contributed by atoms with Crippen molar-refractivity contribution in [3.8, 4) is 0 Å². The zero-order valence-electron chi connectivity index (χ0n) is 10.8. The number of nitrogens with zero attached hydrogens (tertiary/aromatic N) is 1. The molecule has 0 bridgehead atoms. The van der Waals surface area contributed by atoms with Crippen LogP contribution in [0.3, 0.4) is 0 Å². The molecular formula is C13H21NO3. The molecule has 4 nitrogen and oxygen atoms in total. The Morgan fingerprint density at radius 2 is 2.12 bits per heavy atom. The van der Waals surface area contributed by atoms with Crippen LogP contribution in [-0.2, 0) is 9.59 Å². The van der Waals surface area contributed by atoms with Gasteiger partial charge in [-0.1, -0.05) is 19.9 Å². The summed E-state index contributed by atoms with van der Waals surface area (Å²) in [4.78, 5) is 24.9. The fourth-order valence-corrected chi connectivity index (χ4v) is 2.14. The van der Waals surface area contributed by atoms with Crippen LogP contribution in [0.5, 0.6) is 0 Å². The van der Waals surface area contributed by atoms with E-state index in [0.717, 1.165) is 6.42 Å². The molecule has 1 aliphatic rings. The van der Waals surface area contributed by atoms with Crippen LogP contribution in [0.4, 0.5) is 0 Å². The molecule has 0 aromatic carbocycles. The minimum atomic E-state index is -1.03. The maximum atomic E-state index is 12.2. The van der Waals surface area contributed by atoms with Crippen molar-refractivity contribution in [3.63, 3.8) is 0 Å². The minimum Gasteiger partial charge on any atom is -0.480 e. The number of carboxylic acids is 1. The molecule has 1 aliphatic heterocycles. The van der Waals surface area contributed by atoms with Gasteiger partial charge in [0.2, 0.25) is 5.91 Å². The second-order valence-corrected chi connectivity index (χ2v) is 5.60. The molecule has 0 saturated carbocycles. The van der Waals surface area contributed by atoms with Gasteiger partial charge in [0.05, 0.1) is 0 Å². The number of hydrogen-bond donors (Lipinski definition) is 1. The lowest BCUT2D eigenvalue weighted by Crippen LogP contribution is -2.51. The van der Waals surface area contributed by atoms with E-state index >= 15 is 0 Å². The van der Waals surface area contributed by atoms with E-state index in [2.05, 4.69) is 6.58 Å². The number of carbonyl (C=O) groups excluding carboxylic acids is 1. The predicted octanol–water partition coefficient (Wildman–Crippen LogP) is 2.05. The van der Waals surface area contributed by atoms with Gasteiger partial charge < -0.3 is 10.0 Å². The first-order chi connectivity index (χ1) is 7.73. The second-order valence-electron chi connectivity index (χ2n) is 5.60.